The molecule has 0 aliphatic rings. The van der Waals surface area contributed by atoms with Crippen molar-refractivity contribution in [2.75, 3.05) is 13.6 Å². The summed E-state index contributed by atoms with van der Waals surface area (Å²) in [6.45, 7) is 1.64. The average Bonchev–Trinajstić information content (AvgIpc) is 2.88. The molecule has 0 radical (unpaired) electrons. The summed E-state index contributed by atoms with van der Waals surface area (Å²) in [5.74, 6) is -1.58. The highest BCUT2D eigenvalue weighted by atomic mass is 35.5. The highest BCUT2D eigenvalue weighted by Gasteiger charge is 2.19. The van der Waals surface area contributed by atoms with Crippen molar-refractivity contribution in [3.63, 3.8) is 0 Å². The normalized spacial score (nSPS) is 11.4. The summed E-state index contributed by atoms with van der Waals surface area (Å²) >= 11 is 1.50. The van der Waals surface area contributed by atoms with Crippen LogP contribution in [0.4, 0.5) is 4.79 Å². The van der Waals surface area contributed by atoms with Crippen molar-refractivity contribution in [2.45, 2.75) is 19.5 Å². The molecular formula is C12H18ClN3O4S. The lowest BCUT2D eigenvalue weighted by Crippen LogP contribution is -2.46. The molecule has 0 saturated carbocycles. The first-order valence-corrected chi connectivity index (χ1v) is 6.81. The molecule has 21 heavy (non-hydrogen) atoms. The van der Waals surface area contributed by atoms with Crippen molar-refractivity contribution in [3.05, 3.63) is 22.4 Å². The molecule has 1 rings (SSSR count). The second kappa shape index (κ2) is 9.32. The van der Waals surface area contributed by atoms with Crippen LogP contribution in [0.5, 0.6) is 0 Å². The van der Waals surface area contributed by atoms with Gasteiger partial charge in [-0.15, -0.1) is 23.7 Å². The summed E-state index contributed by atoms with van der Waals surface area (Å²) in [5.41, 5.74) is 0. The van der Waals surface area contributed by atoms with Gasteiger partial charge in [-0.2, -0.15) is 0 Å². The van der Waals surface area contributed by atoms with E-state index < -0.39 is 23.9 Å². The van der Waals surface area contributed by atoms with Crippen LogP contribution < -0.4 is 10.6 Å². The van der Waals surface area contributed by atoms with E-state index >= 15 is 0 Å². The van der Waals surface area contributed by atoms with E-state index in [4.69, 9.17) is 5.11 Å². The fourth-order valence-electron chi connectivity index (χ4n) is 1.34. The largest absolute Gasteiger partial charge is 0.480 e. The van der Waals surface area contributed by atoms with E-state index in [1.807, 2.05) is 17.5 Å². The van der Waals surface area contributed by atoms with Gasteiger partial charge in [0.25, 0.3) is 0 Å². The number of likely N-dealkylation sites (N-methyl/N-ethyl adjacent to an activating group) is 1. The lowest BCUT2D eigenvalue weighted by Gasteiger charge is -2.20. The Labute approximate surface area is 132 Å². The Hall–Kier alpha value is -1.64. The molecule has 3 N–H and O–H groups in total. The molecule has 3 amide bonds. The predicted molar refractivity (Wildman–Crippen MR) is 81.7 cm³/mol. The van der Waals surface area contributed by atoms with E-state index in [9.17, 15) is 14.4 Å². The number of carboxylic acid groups (broad SMARTS) is 1. The first-order chi connectivity index (χ1) is 9.40. The molecule has 0 spiro atoms. The molecule has 1 unspecified atom stereocenters. The first kappa shape index (κ1) is 19.4. The van der Waals surface area contributed by atoms with E-state index in [1.54, 1.807) is 0 Å². The molecule has 7 nitrogen and oxygen atoms in total. The lowest BCUT2D eigenvalue weighted by atomic mass is 10.3. The fourth-order valence-corrected chi connectivity index (χ4v) is 1.99. The van der Waals surface area contributed by atoms with Crippen LogP contribution in [-0.2, 0) is 16.1 Å². The van der Waals surface area contributed by atoms with Gasteiger partial charge in [-0.25, -0.2) is 4.79 Å². The molecule has 0 aromatic carbocycles. The Morgan fingerprint density at radius 2 is 2.10 bits per heavy atom. The number of carboxylic acids is 1. The van der Waals surface area contributed by atoms with Gasteiger partial charge in [0.2, 0.25) is 5.91 Å². The smallest absolute Gasteiger partial charge is 0.321 e. The van der Waals surface area contributed by atoms with Crippen LogP contribution >= 0.6 is 23.7 Å². The molecule has 1 aromatic heterocycles. The standard InChI is InChI=1S/C12H17N3O4S.ClH/c1-8(11(17)18)15(2)7-10(16)14-12(19)13-6-9-4-3-5-20-9;/h3-5,8H,6-7H2,1-2H3,(H,17,18)(H2,13,14,16,19);1H. The maximum atomic E-state index is 11.5. The predicted octanol–water partition coefficient (Wildman–Crippen LogP) is 0.901. The zero-order valence-corrected chi connectivity index (χ0v) is 13.3. The van der Waals surface area contributed by atoms with Crippen molar-refractivity contribution >= 4 is 41.7 Å². The SMILES string of the molecule is CC(C(=O)O)N(C)CC(=O)NC(=O)NCc1cccs1.Cl. The molecule has 0 aliphatic carbocycles. The molecular weight excluding hydrogens is 318 g/mol. The zero-order valence-electron chi connectivity index (χ0n) is 11.7. The van der Waals surface area contributed by atoms with Crippen LogP contribution in [0.15, 0.2) is 17.5 Å². The maximum Gasteiger partial charge on any atom is 0.321 e. The average molecular weight is 336 g/mol. The topological polar surface area (TPSA) is 98.7 Å². The van der Waals surface area contributed by atoms with Crippen molar-refractivity contribution in [1.82, 2.24) is 15.5 Å². The summed E-state index contributed by atoms with van der Waals surface area (Å²) in [6.07, 6.45) is 0. The van der Waals surface area contributed by atoms with Crippen LogP contribution in [0.3, 0.4) is 0 Å². The number of thiophene rings is 1. The van der Waals surface area contributed by atoms with Gasteiger partial charge in [0.15, 0.2) is 0 Å². The van der Waals surface area contributed by atoms with E-state index in [2.05, 4.69) is 10.6 Å². The Morgan fingerprint density at radius 1 is 1.43 bits per heavy atom. The van der Waals surface area contributed by atoms with Crippen molar-refractivity contribution in [1.29, 1.82) is 0 Å². The van der Waals surface area contributed by atoms with E-state index in [0.717, 1.165) is 4.88 Å². The van der Waals surface area contributed by atoms with Gasteiger partial charge >= 0.3 is 12.0 Å². The third kappa shape index (κ3) is 7.07. The highest BCUT2D eigenvalue weighted by molar-refractivity contribution is 7.09. The number of halogens is 1. The van der Waals surface area contributed by atoms with Crippen LogP contribution in [0.1, 0.15) is 11.8 Å². The minimum Gasteiger partial charge on any atom is -0.480 e. The number of imide groups is 1. The minimum atomic E-state index is -1.03. The minimum absolute atomic E-state index is 0. The van der Waals surface area contributed by atoms with Gasteiger partial charge in [0.05, 0.1) is 13.1 Å². The summed E-state index contributed by atoms with van der Waals surface area (Å²) in [4.78, 5) is 36.0. The molecule has 1 atom stereocenters. The van der Waals surface area contributed by atoms with Crippen LogP contribution in [0.2, 0.25) is 0 Å². The Balaban J connectivity index is 0.00000400. The Bertz CT molecular complexity index is 481. The van der Waals surface area contributed by atoms with E-state index in [1.165, 1.54) is 30.2 Å². The van der Waals surface area contributed by atoms with Gasteiger partial charge in [-0.1, -0.05) is 6.07 Å². The third-order valence-electron chi connectivity index (χ3n) is 2.67. The third-order valence-corrected chi connectivity index (χ3v) is 3.54. The molecule has 1 heterocycles. The fraction of sp³-hybridized carbons (Fsp3) is 0.417. The Kier molecular flexibility index (Phi) is 8.60. The van der Waals surface area contributed by atoms with Gasteiger partial charge in [-0.3, -0.25) is 19.8 Å². The summed E-state index contributed by atoms with van der Waals surface area (Å²) < 4.78 is 0. The molecule has 0 fully saturated rings. The number of nitrogens with zero attached hydrogens (tertiary/aromatic N) is 1. The number of urea groups is 1. The number of amides is 3. The van der Waals surface area contributed by atoms with Crippen molar-refractivity contribution < 1.29 is 19.5 Å². The van der Waals surface area contributed by atoms with E-state index in [-0.39, 0.29) is 19.0 Å². The second-order valence-corrected chi connectivity index (χ2v) is 5.27. The molecule has 0 aliphatic heterocycles. The summed E-state index contributed by atoms with van der Waals surface area (Å²) in [7, 11) is 1.50. The molecule has 0 saturated heterocycles. The number of carbonyl (C=O) groups is 3. The van der Waals surface area contributed by atoms with Crippen molar-refractivity contribution in [3.8, 4) is 0 Å². The highest BCUT2D eigenvalue weighted by Crippen LogP contribution is 2.06. The number of nitrogens with one attached hydrogen (secondary N) is 2. The number of carbonyl (C=O) groups excluding carboxylic acids is 2. The van der Waals surface area contributed by atoms with Crippen LogP contribution in [0.25, 0.3) is 0 Å². The Morgan fingerprint density at radius 3 is 2.62 bits per heavy atom. The van der Waals surface area contributed by atoms with Gasteiger partial charge in [0.1, 0.15) is 6.04 Å². The molecule has 9 heteroatoms. The number of hydrogen-bond donors (Lipinski definition) is 3. The van der Waals surface area contributed by atoms with Gasteiger partial charge in [0, 0.05) is 4.88 Å². The summed E-state index contributed by atoms with van der Waals surface area (Å²) in [6, 6.07) is 2.34. The van der Waals surface area contributed by atoms with Crippen molar-refractivity contribution in [2.24, 2.45) is 0 Å². The quantitative estimate of drug-likeness (QED) is 0.717. The zero-order chi connectivity index (χ0) is 15.1. The summed E-state index contributed by atoms with van der Waals surface area (Å²) in [5, 5.41) is 15.4. The van der Waals surface area contributed by atoms with E-state index in [0.29, 0.717) is 6.54 Å². The molecule has 0 bridgehead atoms. The maximum absolute atomic E-state index is 11.5. The van der Waals surface area contributed by atoms with Gasteiger partial charge in [-0.05, 0) is 25.4 Å². The number of hydrogen-bond acceptors (Lipinski definition) is 5. The van der Waals surface area contributed by atoms with Crippen LogP contribution in [0, 0.1) is 0 Å². The number of aliphatic carboxylic acids is 1. The van der Waals surface area contributed by atoms with Gasteiger partial charge < -0.3 is 10.4 Å². The molecule has 1 aromatic rings. The second-order valence-electron chi connectivity index (χ2n) is 4.24. The van der Waals surface area contributed by atoms with Crippen LogP contribution in [-0.4, -0.2) is 47.5 Å². The first-order valence-electron chi connectivity index (χ1n) is 5.93. The number of rotatable bonds is 6. The monoisotopic (exact) mass is 335 g/mol. The lowest BCUT2D eigenvalue weighted by molar-refractivity contribution is -0.142. The molecule has 118 valence electrons.